The van der Waals surface area contributed by atoms with E-state index >= 15 is 0 Å². The van der Waals surface area contributed by atoms with E-state index in [0.717, 1.165) is 5.56 Å². The van der Waals surface area contributed by atoms with Crippen LogP contribution in [-0.2, 0) is 16.0 Å². The minimum Gasteiger partial charge on any atom is -0.508 e. The van der Waals surface area contributed by atoms with Crippen LogP contribution in [0.4, 0.5) is 0 Å². The fraction of sp³-hybridized carbons (Fsp3) is 0.250. The topological polar surface area (TPSA) is 105 Å². The van der Waals surface area contributed by atoms with Crippen molar-refractivity contribution in [2.24, 2.45) is 0 Å². The molecule has 2 amide bonds. The molecule has 1 atom stereocenters. The molecule has 3 rings (SSSR count). The molecule has 3 N–H and O–H groups in total. The Morgan fingerprint density at radius 3 is 2.67 bits per heavy atom. The van der Waals surface area contributed by atoms with Crippen LogP contribution in [0, 0.1) is 0 Å². The predicted octanol–water partition coefficient (Wildman–Crippen LogP) is 1.41. The highest BCUT2D eigenvalue weighted by Gasteiger charge is 2.30. The van der Waals surface area contributed by atoms with Gasteiger partial charge in [-0.05, 0) is 36.2 Å². The monoisotopic (exact) mass is 368 g/mol. The normalized spacial score (nSPS) is 15.4. The first kappa shape index (κ1) is 18.4. The molecule has 0 unspecified atom stereocenters. The molecule has 0 aromatic heterocycles. The number of ether oxygens (including phenoxy) is 1. The molecular weight excluding hydrogens is 348 g/mol. The van der Waals surface area contributed by atoms with Gasteiger partial charge in [-0.1, -0.05) is 24.3 Å². The van der Waals surface area contributed by atoms with Gasteiger partial charge in [-0.2, -0.15) is 0 Å². The second kappa shape index (κ2) is 8.35. The number of benzene rings is 2. The number of phenolic OH excluding ortho intramolecular Hbond substituents is 1. The Labute approximate surface area is 156 Å². The highest BCUT2D eigenvalue weighted by Crippen LogP contribution is 2.20. The number of rotatable bonds is 6. The van der Waals surface area contributed by atoms with Crippen LogP contribution in [0.5, 0.6) is 5.75 Å². The zero-order chi connectivity index (χ0) is 19.2. The van der Waals surface area contributed by atoms with Gasteiger partial charge in [0, 0.05) is 25.1 Å². The summed E-state index contributed by atoms with van der Waals surface area (Å²) in [5, 5.41) is 14.8. The molecule has 0 bridgehead atoms. The first-order chi connectivity index (χ1) is 13.0. The van der Waals surface area contributed by atoms with Gasteiger partial charge in [-0.25, -0.2) is 4.79 Å². The summed E-state index contributed by atoms with van der Waals surface area (Å²) in [6.45, 7) is 0.705. The van der Waals surface area contributed by atoms with Gasteiger partial charge in [0.15, 0.2) is 6.10 Å². The Balaban J connectivity index is 1.40. The van der Waals surface area contributed by atoms with Gasteiger partial charge in [0.2, 0.25) is 0 Å². The number of carbonyl (C=O) groups is 3. The molecule has 0 aliphatic carbocycles. The van der Waals surface area contributed by atoms with Crippen molar-refractivity contribution in [1.82, 2.24) is 10.6 Å². The van der Waals surface area contributed by atoms with Gasteiger partial charge in [0.05, 0.1) is 5.56 Å². The summed E-state index contributed by atoms with van der Waals surface area (Å²) in [4.78, 5) is 36.1. The van der Waals surface area contributed by atoms with E-state index in [1.807, 2.05) is 12.1 Å². The summed E-state index contributed by atoms with van der Waals surface area (Å²) in [7, 11) is 0. The van der Waals surface area contributed by atoms with E-state index < -0.39 is 12.1 Å². The number of hydrogen-bond acceptors (Lipinski definition) is 5. The van der Waals surface area contributed by atoms with Crippen LogP contribution in [0.1, 0.15) is 32.7 Å². The number of phenols is 1. The van der Waals surface area contributed by atoms with Crippen molar-refractivity contribution in [3.05, 3.63) is 65.2 Å². The van der Waals surface area contributed by atoms with Crippen LogP contribution in [0.3, 0.4) is 0 Å². The lowest BCUT2D eigenvalue weighted by atomic mass is 9.98. The van der Waals surface area contributed by atoms with Gasteiger partial charge < -0.3 is 20.5 Å². The Bertz CT molecular complexity index is 865. The molecule has 0 saturated heterocycles. The second-order valence-corrected chi connectivity index (χ2v) is 6.21. The van der Waals surface area contributed by atoms with Crippen molar-refractivity contribution in [2.75, 3.05) is 13.1 Å². The lowest BCUT2D eigenvalue weighted by Crippen LogP contribution is -2.42. The predicted molar refractivity (Wildman–Crippen MR) is 97.4 cm³/mol. The maximum absolute atomic E-state index is 12.2. The highest BCUT2D eigenvalue weighted by molar-refractivity contribution is 5.96. The standard InChI is InChI=1S/C20H20N2O5/c23-15-7-3-6-14(11-15)18(24)21-9-4-10-22-19(25)17-12-13-5-1-2-8-16(13)20(26)27-17/h1-3,5-8,11,17,23H,4,9-10,12H2,(H,21,24)(H,22,25)/t17-/m0/s1. The summed E-state index contributed by atoms with van der Waals surface area (Å²) in [5.41, 5.74) is 1.66. The zero-order valence-electron chi connectivity index (χ0n) is 14.6. The molecule has 0 saturated carbocycles. The maximum Gasteiger partial charge on any atom is 0.339 e. The first-order valence-corrected chi connectivity index (χ1v) is 8.68. The van der Waals surface area contributed by atoms with Gasteiger partial charge in [0.25, 0.3) is 11.8 Å². The molecule has 7 heteroatoms. The molecule has 0 radical (unpaired) electrons. The lowest BCUT2D eigenvalue weighted by Gasteiger charge is -2.23. The van der Waals surface area contributed by atoms with E-state index in [9.17, 15) is 19.5 Å². The van der Waals surface area contributed by atoms with Gasteiger partial charge in [-0.3, -0.25) is 9.59 Å². The molecule has 1 heterocycles. The van der Waals surface area contributed by atoms with E-state index in [-0.39, 0.29) is 17.6 Å². The van der Waals surface area contributed by atoms with E-state index in [0.29, 0.717) is 37.1 Å². The molecular formula is C20H20N2O5. The minimum absolute atomic E-state index is 0.0264. The summed E-state index contributed by atoms with van der Waals surface area (Å²) in [6.07, 6.45) is 0.0319. The molecule has 1 aliphatic heterocycles. The van der Waals surface area contributed by atoms with Crippen LogP contribution in [-0.4, -0.2) is 42.1 Å². The smallest absolute Gasteiger partial charge is 0.339 e. The Kier molecular flexibility index (Phi) is 5.71. The Morgan fingerprint density at radius 1 is 1.07 bits per heavy atom. The number of nitrogens with one attached hydrogen (secondary N) is 2. The van der Waals surface area contributed by atoms with Crippen LogP contribution < -0.4 is 10.6 Å². The van der Waals surface area contributed by atoms with Crippen molar-refractivity contribution in [3.8, 4) is 5.75 Å². The fourth-order valence-corrected chi connectivity index (χ4v) is 2.84. The number of hydrogen-bond donors (Lipinski definition) is 3. The molecule has 2 aromatic rings. The number of amides is 2. The lowest BCUT2D eigenvalue weighted by molar-refractivity contribution is -0.130. The summed E-state index contributed by atoms with van der Waals surface area (Å²) < 4.78 is 5.19. The van der Waals surface area contributed by atoms with Crippen molar-refractivity contribution in [1.29, 1.82) is 0 Å². The van der Waals surface area contributed by atoms with Crippen molar-refractivity contribution in [2.45, 2.75) is 18.9 Å². The second-order valence-electron chi connectivity index (χ2n) is 6.21. The summed E-state index contributed by atoms with van der Waals surface area (Å²) >= 11 is 0. The van der Waals surface area contributed by atoms with Crippen LogP contribution >= 0.6 is 0 Å². The number of esters is 1. The van der Waals surface area contributed by atoms with E-state index in [4.69, 9.17) is 4.74 Å². The quantitative estimate of drug-likeness (QED) is 0.528. The van der Waals surface area contributed by atoms with Crippen LogP contribution in [0.15, 0.2) is 48.5 Å². The third kappa shape index (κ3) is 4.63. The number of aromatic hydroxyl groups is 1. The summed E-state index contributed by atoms with van der Waals surface area (Å²) in [5.74, 6) is -1.11. The number of fused-ring (bicyclic) bond motifs is 1. The zero-order valence-corrected chi connectivity index (χ0v) is 14.6. The molecule has 2 aromatic carbocycles. The van der Waals surface area contributed by atoms with E-state index in [1.165, 1.54) is 12.1 Å². The van der Waals surface area contributed by atoms with Gasteiger partial charge >= 0.3 is 5.97 Å². The van der Waals surface area contributed by atoms with Gasteiger partial charge in [0.1, 0.15) is 5.75 Å². The average molecular weight is 368 g/mol. The molecule has 0 spiro atoms. The Morgan fingerprint density at radius 2 is 1.85 bits per heavy atom. The first-order valence-electron chi connectivity index (χ1n) is 8.68. The van der Waals surface area contributed by atoms with E-state index in [2.05, 4.69) is 10.6 Å². The SMILES string of the molecule is O=C(NCCCNC(=O)[C@@H]1Cc2ccccc2C(=O)O1)c1cccc(O)c1. The minimum atomic E-state index is -0.839. The molecule has 140 valence electrons. The molecule has 0 fully saturated rings. The maximum atomic E-state index is 12.2. The largest absolute Gasteiger partial charge is 0.508 e. The van der Waals surface area contributed by atoms with Crippen molar-refractivity contribution < 1.29 is 24.2 Å². The highest BCUT2D eigenvalue weighted by atomic mass is 16.5. The van der Waals surface area contributed by atoms with Crippen LogP contribution in [0.2, 0.25) is 0 Å². The van der Waals surface area contributed by atoms with E-state index in [1.54, 1.807) is 24.3 Å². The third-order valence-electron chi connectivity index (χ3n) is 4.23. The average Bonchev–Trinajstić information content (AvgIpc) is 2.67. The Hall–Kier alpha value is -3.35. The van der Waals surface area contributed by atoms with Crippen molar-refractivity contribution >= 4 is 17.8 Å². The molecule has 27 heavy (non-hydrogen) atoms. The summed E-state index contributed by atoms with van der Waals surface area (Å²) in [6, 6.07) is 13.1. The number of cyclic esters (lactones) is 1. The van der Waals surface area contributed by atoms with Crippen molar-refractivity contribution in [3.63, 3.8) is 0 Å². The fourth-order valence-electron chi connectivity index (χ4n) is 2.84. The number of carbonyl (C=O) groups excluding carboxylic acids is 3. The van der Waals surface area contributed by atoms with Crippen LogP contribution in [0.25, 0.3) is 0 Å². The van der Waals surface area contributed by atoms with Gasteiger partial charge in [-0.15, -0.1) is 0 Å². The molecule has 7 nitrogen and oxygen atoms in total. The molecule has 1 aliphatic rings. The third-order valence-corrected chi connectivity index (χ3v) is 4.23.